The van der Waals surface area contributed by atoms with Gasteiger partial charge in [0.15, 0.2) is 5.96 Å². The van der Waals surface area contributed by atoms with Crippen LogP contribution in [0.15, 0.2) is 29.4 Å². The largest absolute Gasteiger partial charge is 0.357 e. The van der Waals surface area contributed by atoms with Gasteiger partial charge in [-0.15, -0.1) is 0 Å². The first-order valence-corrected chi connectivity index (χ1v) is 8.87. The van der Waals surface area contributed by atoms with Crippen LogP contribution in [0.5, 0.6) is 0 Å². The van der Waals surface area contributed by atoms with Gasteiger partial charge in [-0.05, 0) is 50.9 Å². The SMILES string of the molecule is CCNC(=NCc1ccccn1)NCC(C(C)C)N1CCCC1. The Kier molecular flexibility index (Phi) is 7.33. The summed E-state index contributed by atoms with van der Waals surface area (Å²) in [5.41, 5.74) is 0.990. The molecule has 0 radical (unpaired) electrons. The molecule has 1 aromatic rings. The minimum atomic E-state index is 0.566. The summed E-state index contributed by atoms with van der Waals surface area (Å²) in [5.74, 6) is 1.52. The number of likely N-dealkylation sites (tertiary alicyclic amines) is 1. The summed E-state index contributed by atoms with van der Waals surface area (Å²) in [6.07, 6.45) is 4.47. The zero-order chi connectivity index (χ0) is 16.5. The Morgan fingerprint density at radius 1 is 1.26 bits per heavy atom. The third kappa shape index (κ3) is 5.82. The number of pyridine rings is 1. The van der Waals surface area contributed by atoms with Crippen LogP contribution in [0.4, 0.5) is 0 Å². The van der Waals surface area contributed by atoms with Crippen molar-refractivity contribution in [1.82, 2.24) is 20.5 Å². The number of hydrogen-bond donors (Lipinski definition) is 2. The van der Waals surface area contributed by atoms with E-state index in [2.05, 4.69) is 46.3 Å². The van der Waals surface area contributed by atoms with Crippen LogP contribution in [-0.4, -0.2) is 48.1 Å². The zero-order valence-corrected chi connectivity index (χ0v) is 14.8. The molecule has 0 aromatic carbocycles. The van der Waals surface area contributed by atoms with E-state index >= 15 is 0 Å². The number of guanidine groups is 1. The monoisotopic (exact) mass is 317 g/mol. The van der Waals surface area contributed by atoms with Crippen molar-refractivity contribution in [2.45, 2.75) is 46.2 Å². The molecule has 0 saturated carbocycles. The standard InChI is InChI=1S/C18H31N5/c1-4-19-18(21-13-16-9-5-6-10-20-16)22-14-17(15(2)3)23-11-7-8-12-23/h5-6,9-10,15,17H,4,7-8,11-14H2,1-3H3,(H2,19,21,22). The number of nitrogens with zero attached hydrogens (tertiary/aromatic N) is 3. The second kappa shape index (κ2) is 9.50. The molecule has 0 aliphatic carbocycles. The van der Waals surface area contributed by atoms with E-state index in [1.165, 1.54) is 25.9 Å². The van der Waals surface area contributed by atoms with E-state index in [0.717, 1.165) is 24.7 Å². The van der Waals surface area contributed by atoms with Gasteiger partial charge < -0.3 is 10.6 Å². The lowest BCUT2D eigenvalue weighted by atomic mass is 10.0. The summed E-state index contributed by atoms with van der Waals surface area (Å²) < 4.78 is 0. The Morgan fingerprint density at radius 2 is 2.04 bits per heavy atom. The Hall–Kier alpha value is -1.62. The molecule has 5 heteroatoms. The first-order chi connectivity index (χ1) is 11.2. The van der Waals surface area contributed by atoms with Gasteiger partial charge in [-0.2, -0.15) is 0 Å². The lowest BCUT2D eigenvalue weighted by Crippen LogP contribution is -2.48. The average molecular weight is 317 g/mol. The van der Waals surface area contributed by atoms with Crippen LogP contribution in [0.2, 0.25) is 0 Å². The summed E-state index contributed by atoms with van der Waals surface area (Å²) in [6.45, 7) is 11.6. The van der Waals surface area contributed by atoms with Gasteiger partial charge in [0.1, 0.15) is 0 Å². The molecule has 1 aromatic heterocycles. The minimum Gasteiger partial charge on any atom is -0.357 e. The smallest absolute Gasteiger partial charge is 0.191 e. The van der Waals surface area contributed by atoms with Crippen LogP contribution in [0, 0.1) is 5.92 Å². The highest BCUT2D eigenvalue weighted by molar-refractivity contribution is 5.79. The molecule has 2 heterocycles. The van der Waals surface area contributed by atoms with Crippen LogP contribution in [-0.2, 0) is 6.54 Å². The molecule has 1 fully saturated rings. The Bertz CT molecular complexity index is 466. The third-order valence-corrected chi connectivity index (χ3v) is 4.33. The summed E-state index contributed by atoms with van der Waals surface area (Å²) in [6, 6.07) is 6.50. The second-order valence-corrected chi connectivity index (χ2v) is 6.45. The molecule has 23 heavy (non-hydrogen) atoms. The molecule has 1 atom stereocenters. The van der Waals surface area contributed by atoms with Crippen molar-refractivity contribution in [2.24, 2.45) is 10.9 Å². The van der Waals surface area contributed by atoms with Gasteiger partial charge >= 0.3 is 0 Å². The number of aromatic nitrogens is 1. The molecule has 1 aliphatic heterocycles. The van der Waals surface area contributed by atoms with Crippen molar-refractivity contribution < 1.29 is 0 Å². The maximum atomic E-state index is 4.66. The normalized spacial score (nSPS) is 17.5. The molecule has 128 valence electrons. The molecule has 0 amide bonds. The van der Waals surface area contributed by atoms with Gasteiger partial charge in [0, 0.05) is 25.3 Å². The van der Waals surface area contributed by atoms with E-state index in [9.17, 15) is 0 Å². The van der Waals surface area contributed by atoms with Crippen LogP contribution in [0.1, 0.15) is 39.3 Å². The van der Waals surface area contributed by atoms with E-state index in [4.69, 9.17) is 0 Å². The van der Waals surface area contributed by atoms with Crippen molar-refractivity contribution in [3.8, 4) is 0 Å². The third-order valence-electron chi connectivity index (χ3n) is 4.33. The maximum Gasteiger partial charge on any atom is 0.191 e. The number of nitrogens with one attached hydrogen (secondary N) is 2. The van der Waals surface area contributed by atoms with Crippen molar-refractivity contribution in [3.63, 3.8) is 0 Å². The fourth-order valence-corrected chi connectivity index (χ4v) is 3.05. The van der Waals surface area contributed by atoms with Gasteiger partial charge in [0.25, 0.3) is 0 Å². The van der Waals surface area contributed by atoms with Crippen LogP contribution >= 0.6 is 0 Å². The summed E-state index contributed by atoms with van der Waals surface area (Å²) in [5, 5.41) is 6.85. The maximum absolute atomic E-state index is 4.66. The lowest BCUT2D eigenvalue weighted by molar-refractivity contribution is 0.192. The van der Waals surface area contributed by atoms with Crippen LogP contribution < -0.4 is 10.6 Å². The number of aliphatic imine (C=N–C) groups is 1. The van der Waals surface area contributed by atoms with Crippen molar-refractivity contribution >= 4 is 5.96 Å². The summed E-state index contributed by atoms with van der Waals surface area (Å²) in [4.78, 5) is 11.6. The fourth-order valence-electron chi connectivity index (χ4n) is 3.05. The average Bonchev–Trinajstić information content (AvgIpc) is 3.07. The van der Waals surface area contributed by atoms with Crippen molar-refractivity contribution in [1.29, 1.82) is 0 Å². The van der Waals surface area contributed by atoms with Crippen LogP contribution in [0.25, 0.3) is 0 Å². The van der Waals surface area contributed by atoms with Crippen molar-refractivity contribution in [3.05, 3.63) is 30.1 Å². The summed E-state index contributed by atoms with van der Waals surface area (Å²) in [7, 11) is 0. The highest BCUT2D eigenvalue weighted by atomic mass is 15.2. The van der Waals surface area contributed by atoms with E-state index < -0.39 is 0 Å². The summed E-state index contributed by atoms with van der Waals surface area (Å²) >= 11 is 0. The molecular formula is C18H31N5. The molecule has 1 aliphatic rings. The predicted molar refractivity (Wildman–Crippen MR) is 96.5 cm³/mol. The first-order valence-electron chi connectivity index (χ1n) is 8.87. The topological polar surface area (TPSA) is 52.6 Å². The second-order valence-electron chi connectivity index (χ2n) is 6.45. The van der Waals surface area contributed by atoms with E-state index in [-0.39, 0.29) is 0 Å². The van der Waals surface area contributed by atoms with E-state index in [0.29, 0.717) is 18.5 Å². The molecule has 5 nitrogen and oxygen atoms in total. The number of rotatable bonds is 7. The zero-order valence-electron chi connectivity index (χ0n) is 14.8. The van der Waals surface area contributed by atoms with E-state index in [1.54, 1.807) is 0 Å². The van der Waals surface area contributed by atoms with Crippen molar-refractivity contribution in [2.75, 3.05) is 26.2 Å². The molecule has 2 N–H and O–H groups in total. The molecule has 0 bridgehead atoms. The Balaban J connectivity index is 1.92. The first kappa shape index (κ1) is 17.7. The molecule has 0 spiro atoms. The quantitative estimate of drug-likeness (QED) is 0.598. The highest BCUT2D eigenvalue weighted by Crippen LogP contribution is 2.17. The van der Waals surface area contributed by atoms with Gasteiger partial charge in [0.05, 0.1) is 12.2 Å². The lowest BCUT2D eigenvalue weighted by Gasteiger charge is -2.31. The van der Waals surface area contributed by atoms with Gasteiger partial charge in [-0.25, -0.2) is 4.99 Å². The molecule has 1 saturated heterocycles. The highest BCUT2D eigenvalue weighted by Gasteiger charge is 2.24. The Labute approximate surface area is 140 Å². The minimum absolute atomic E-state index is 0.566. The van der Waals surface area contributed by atoms with Gasteiger partial charge in [0.2, 0.25) is 0 Å². The fraction of sp³-hybridized carbons (Fsp3) is 0.667. The molecule has 1 unspecified atom stereocenters. The molecular weight excluding hydrogens is 286 g/mol. The predicted octanol–water partition coefficient (Wildman–Crippen LogP) is 2.26. The molecule has 2 rings (SSSR count). The van der Waals surface area contributed by atoms with Gasteiger partial charge in [-0.3, -0.25) is 9.88 Å². The van der Waals surface area contributed by atoms with Crippen LogP contribution in [0.3, 0.4) is 0 Å². The van der Waals surface area contributed by atoms with Gasteiger partial charge in [-0.1, -0.05) is 19.9 Å². The van der Waals surface area contributed by atoms with E-state index in [1.807, 2.05) is 24.4 Å². The number of hydrogen-bond acceptors (Lipinski definition) is 3. The Morgan fingerprint density at radius 3 is 2.65 bits per heavy atom.